The zero-order valence-corrected chi connectivity index (χ0v) is 19.0. The van der Waals surface area contributed by atoms with Crippen LogP contribution in [-0.2, 0) is 22.4 Å². The minimum atomic E-state index is -0.397. The summed E-state index contributed by atoms with van der Waals surface area (Å²) in [6, 6.07) is 6.51. The average molecular weight is 458 g/mol. The van der Waals surface area contributed by atoms with E-state index in [1.165, 1.54) is 16.6 Å². The van der Waals surface area contributed by atoms with Gasteiger partial charge in [-0.3, -0.25) is 9.59 Å². The Bertz CT molecular complexity index is 1180. The van der Waals surface area contributed by atoms with Crippen molar-refractivity contribution in [1.29, 1.82) is 0 Å². The minimum Gasteiger partial charge on any atom is -0.462 e. The molecule has 9 heteroatoms. The van der Waals surface area contributed by atoms with Crippen LogP contribution in [0, 0.1) is 5.92 Å². The van der Waals surface area contributed by atoms with Gasteiger partial charge in [0.2, 0.25) is 5.91 Å². The van der Waals surface area contributed by atoms with Crippen LogP contribution in [0.4, 0.5) is 5.69 Å². The molecule has 1 unspecified atom stereocenters. The third-order valence-electron chi connectivity index (χ3n) is 5.16. The largest absolute Gasteiger partial charge is 0.462 e. The van der Waals surface area contributed by atoms with Crippen LogP contribution in [0.5, 0.6) is 0 Å². The molecule has 1 aliphatic carbocycles. The number of thiophene rings is 1. The molecule has 2 heterocycles. The Hall–Kier alpha value is -2.65. The zero-order valence-electron chi connectivity index (χ0n) is 17.3. The van der Waals surface area contributed by atoms with Crippen LogP contribution in [0.15, 0.2) is 34.2 Å². The van der Waals surface area contributed by atoms with Crippen LogP contribution < -0.4 is 10.9 Å². The highest BCUT2D eigenvalue weighted by Crippen LogP contribution is 2.36. The number of anilines is 1. The van der Waals surface area contributed by atoms with Crippen molar-refractivity contribution in [2.75, 3.05) is 17.7 Å². The topological polar surface area (TPSA) is 101 Å². The Morgan fingerprint density at radius 1 is 1.32 bits per heavy atom. The lowest BCUT2D eigenvalue weighted by Crippen LogP contribution is -2.16. The van der Waals surface area contributed by atoms with E-state index in [0.717, 1.165) is 29.7 Å². The first-order valence-corrected chi connectivity index (χ1v) is 12.0. The number of aromatic nitrogens is 2. The first-order chi connectivity index (χ1) is 14.9. The fraction of sp³-hybridized carbons (Fsp3) is 0.364. The van der Waals surface area contributed by atoms with Crippen LogP contribution in [0.3, 0.4) is 0 Å². The third kappa shape index (κ3) is 4.83. The first kappa shape index (κ1) is 21.6. The maximum atomic E-state index is 12.6. The van der Waals surface area contributed by atoms with Crippen LogP contribution in [-0.4, -0.2) is 34.2 Å². The van der Waals surface area contributed by atoms with E-state index in [4.69, 9.17) is 4.74 Å². The smallest absolute Gasteiger partial charge is 0.338 e. The highest BCUT2D eigenvalue weighted by atomic mass is 32.2. The molecule has 0 fully saturated rings. The highest BCUT2D eigenvalue weighted by molar-refractivity contribution is 7.99. The Kier molecular flexibility index (Phi) is 6.43. The Morgan fingerprint density at radius 3 is 2.84 bits per heavy atom. The van der Waals surface area contributed by atoms with E-state index in [1.807, 2.05) is 0 Å². The van der Waals surface area contributed by atoms with Gasteiger partial charge in [-0.1, -0.05) is 18.7 Å². The standard InChI is InChI=1S/C22H23N3O4S2/c1-3-29-21(28)13-5-7-14(8-6-13)23-17(26)11-30-22-24-19(27)18-15-9-4-12(2)10-16(15)31-20(18)25-22/h5-8,12H,3-4,9-11H2,1-2H3,(H,23,26)(H,24,25,27). The highest BCUT2D eigenvalue weighted by Gasteiger charge is 2.23. The number of hydrogen-bond donors (Lipinski definition) is 2. The molecule has 2 N–H and O–H groups in total. The fourth-order valence-electron chi connectivity index (χ4n) is 3.63. The lowest BCUT2D eigenvalue weighted by molar-refractivity contribution is -0.113. The summed E-state index contributed by atoms with van der Waals surface area (Å²) in [6.07, 6.45) is 3.01. The van der Waals surface area contributed by atoms with E-state index in [2.05, 4.69) is 22.2 Å². The number of carbonyl (C=O) groups excluding carboxylic acids is 2. The summed E-state index contributed by atoms with van der Waals surface area (Å²) in [6.45, 7) is 4.29. The summed E-state index contributed by atoms with van der Waals surface area (Å²) < 4.78 is 4.94. The quantitative estimate of drug-likeness (QED) is 0.329. The molecule has 4 rings (SSSR count). The summed E-state index contributed by atoms with van der Waals surface area (Å²) in [4.78, 5) is 46.1. The van der Waals surface area contributed by atoms with Crippen LogP contribution in [0.1, 0.15) is 41.1 Å². The number of carbonyl (C=O) groups is 2. The number of fused-ring (bicyclic) bond motifs is 3. The van der Waals surface area contributed by atoms with Crippen molar-refractivity contribution < 1.29 is 14.3 Å². The Balaban J connectivity index is 1.40. The third-order valence-corrected chi connectivity index (χ3v) is 7.19. The number of esters is 1. The van der Waals surface area contributed by atoms with Gasteiger partial charge in [-0.2, -0.15) is 0 Å². The lowest BCUT2D eigenvalue weighted by atomic mass is 9.89. The van der Waals surface area contributed by atoms with Gasteiger partial charge in [0.1, 0.15) is 4.83 Å². The summed E-state index contributed by atoms with van der Waals surface area (Å²) >= 11 is 2.78. The first-order valence-electron chi connectivity index (χ1n) is 10.2. The summed E-state index contributed by atoms with van der Waals surface area (Å²) in [5, 5.41) is 3.93. The van der Waals surface area contributed by atoms with Crippen molar-refractivity contribution >= 4 is 50.9 Å². The number of H-pyrrole nitrogens is 1. The maximum absolute atomic E-state index is 12.6. The predicted octanol–water partition coefficient (Wildman–Crippen LogP) is 4.02. The zero-order chi connectivity index (χ0) is 22.0. The molecule has 0 saturated heterocycles. The summed E-state index contributed by atoms with van der Waals surface area (Å²) in [5.41, 5.74) is 2.02. The molecule has 0 radical (unpaired) electrons. The molecule has 31 heavy (non-hydrogen) atoms. The summed E-state index contributed by atoms with van der Waals surface area (Å²) in [7, 11) is 0. The van der Waals surface area contributed by atoms with Gasteiger partial charge in [0.05, 0.1) is 23.3 Å². The van der Waals surface area contributed by atoms with Crippen molar-refractivity contribution in [3.05, 3.63) is 50.6 Å². The number of nitrogens with one attached hydrogen (secondary N) is 2. The van der Waals surface area contributed by atoms with Gasteiger partial charge in [-0.25, -0.2) is 9.78 Å². The Morgan fingerprint density at radius 2 is 2.10 bits per heavy atom. The molecule has 1 aromatic carbocycles. The Labute approximate surface area is 187 Å². The van der Waals surface area contributed by atoms with E-state index in [9.17, 15) is 14.4 Å². The molecule has 162 valence electrons. The molecule has 3 aromatic rings. The van der Waals surface area contributed by atoms with E-state index in [1.54, 1.807) is 42.5 Å². The molecule has 2 aromatic heterocycles. The van der Waals surface area contributed by atoms with Gasteiger partial charge in [0, 0.05) is 10.6 Å². The number of aromatic amines is 1. The van der Waals surface area contributed by atoms with Crippen molar-refractivity contribution in [3.8, 4) is 0 Å². The van der Waals surface area contributed by atoms with Gasteiger partial charge in [-0.05, 0) is 61.9 Å². The van der Waals surface area contributed by atoms with Gasteiger partial charge < -0.3 is 15.0 Å². The van der Waals surface area contributed by atoms with E-state index < -0.39 is 5.97 Å². The number of aryl methyl sites for hydroxylation is 1. The molecule has 0 bridgehead atoms. The fourth-order valence-corrected chi connectivity index (χ4v) is 5.73. The minimum absolute atomic E-state index is 0.107. The average Bonchev–Trinajstić information content (AvgIpc) is 3.10. The van der Waals surface area contributed by atoms with Crippen LogP contribution in [0.25, 0.3) is 10.2 Å². The van der Waals surface area contributed by atoms with Gasteiger partial charge in [-0.15, -0.1) is 11.3 Å². The van der Waals surface area contributed by atoms with E-state index in [-0.39, 0.29) is 17.2 Å². The molecule has 0 saturated carbocycles. The second kappa shape index (κ2) is 9.23. The van der Waals surface area contributed by atoms with E-state index in [0.29, 0.717) is 34.3 Å². The second-order valence-electron chi connectivity index (χ2n) is 7.54. The van der Waals surface area contributed by atoms with Crippen molar-refractivity contribution in [2.24, 2.45) is 5.92 Å². The monoisotopic (exact) mass is 457 g/mol. The molecule has 1 amide bonds. The van der Waals surface area contributed by atoms with Gasteiger partial charge in [0.15, 0.2) is 5.16 Å². The molecule has 1 aliphatic rings. The van der Waals surface area contributed by atoms with Crippen molar-refractivity contribution in [3.63, 3.8) is 0 Å². The summed E-state index contributed by atoms with van der Waals surface area (Å²) in [5.74, 6) is 0.112. The molecule has 7 nitrogen and oxygen atoms in total. The number of rotatable bonds is 6. The predicted molar refractivity (Wildman–Crippen MR) is 123 cm³/mol. The molecular weight excluding hydrogens is 434 g/mol. The van der Waals surface area contributed by atoms with Gasteiger partial charge >= 0.3 is 5.97 Å². The molecular formula is C22H23N3O4S2. The molecule has 0 spiro atoms. The van der Waals surface area contributed by atoms with Crippen molar-refractivity contribution in [1.82, 2.24) is 9.97 Å². The van der Waals surface area contributed by atoms with E-state index >= 15 is 0 Å². The molecule has 0 aliphatic heterocycles. The number of ether oxygens (including phenoxy) is 1. The number of benzene rings is 1. The lowest BCUT2D eigenvalue weighted by Gasteiger charge is -2.17. The maximum Gasteiger partial charge on any atom is 0.338 e. The van der Waals surface area contributed by atoms with Crippen molar-refractivity contribution in [2.45, 2.75) is 38.3 Å². The molecule has 1 atom stereocenters. The van der Waals surface area contributed by atoms with Gasteiger partial charge in [0.25, 0.3) is 5.56 Å². The number of nitrogens with zero attached hydrogens (tertiary/aromatic N) is 1. The van der Waals surface area contributed by atoms with Crippen LogP contribution in [0.2, 0.25) is 0 Å². The normalized spacial score (nSPS) is 15.5. The second-order valence-corrected chi connectivity index (χ2v) is 9.59. The number of hydrogen-bond acceptors (Lipinski definition) is 7. The van der Waals surface area contributed by atoms with Crippen LogP contribution >= 0.6 is 23.1 Å². The SMILES string of the molecule is CCOC(=O)c1ccc(NC(=O)CSc2nc3sc4c(c3c(=O)[nH]2)CCC(C)C4)cc1. The number of thioether (sulfide) groups is 1. The number of amides is 1.